The number of amides is 5. The number of alkyl carbamates (subject to hydrolysis) is 1. The second-order valence-electron chi connectivity index (χ2n) is 18.8. The van der Waals surface area contributed by atoms with Crippen LogP contribution in [0, 0.1) is 10.8 Å². The third kappa shape index (κ3) is 15.3. The van der Waals surface area contributed by atoms with Crippen molar-refractivity contribution < 1.29 is 47.9 Å². The molecule has 17 heteroatoms. The number of nitrogens with one attached hydrogen (secondary N) is 3. The average Bonchev–Trinajstić information content (AvgIpc) is 3.59. The Hall–Kier alpha value is -5.48. The van der Waals surface area contributed by atoms with Crippen LogP contribution in [-0.4, -0.2) is 110 Å². The first-order valence-corrected chi connectivity index (χ1v) is 23.7. The molecule has 6 atom stereocenters. The largest absolute Gasteiger partial charge is 0.570 e. The summed E-state index contributed by atoms with van der Waals surface area (Å²) >= 11 is 0. The van der Waals surface area contributed by atoms with Gasteiger partial charge in [-0.2, -0.15) is 14.7 Å². The molecule has 66 heavy (non-hydrogen) atoms. The van der Waals surface area contributed by atoms with Gasteiger partial charge in [-0.05, 0) is 65.8 Å². The number of hydrogen-bond acceptors (Lipinski definition) is 11. The molecule has 0 aliphatic carbocycles. The molecule has 16 nitrogen and oxygen atoms in total. The molecule has 1 aromatic heterocycles. The van der Waals surface area contributed by atoms with Crippen molar-refractivity contribution in [1.29, 1.82) is 0 Å². The lowest BCUT2D eigenvalue weighted by molar-refractivity contribution is -0.145. The van der Waals surface area contributed by atoms with Gasteiger partial charge in [-0.3, -0.25) is 14.6 Å². The number of carbonyl (C=O) groups excluding carboxylic acids is 4. The SMILES string of the molecule is COC(=O)N[C@H](C(=O)N[C@@H](Cc1ccc(-c2ccccn2)cc1)C[C@H](OC(C)O[P+](O)(O)O)[C@H](Cc1ccccc1)NC(=O)[C@@H](N1CCN(Cc2ccccc2)C1=O)C(C)(C)C)C(C)(C)C. The molecule has 0 spiro atoms. The van der Waals surface area contributed by atoms with Gasteiger partial charge in [0.1, 0.15) is 12.1 Å². The minimum atomic E-state index is -4.82. The third-order valence-electron chi connectivity index (χ3n) is 11.3. The summed E-state index contributed by atoms with van der Waals surface area (Å²) in [5, 5.41) is 9.03. The molecule has 0 bridgehead atoms. The summed E-state index contributed by atoms with van der Waals surface area (Å²) < 4.78 is 16.5. The number of aromatic nitrogens is 1. The number of rotatable bonds is 20. The first-order chi connectivity index (χ1) is 31.1. The van der Waals surface area contributed by atoms with Gasteiger partial charge in [0, 0.05) is 37.4 Å². The predicted octanol–water partition coefficient (Wildman–Crippen LogP) is 6.42. The van der Waals surface area contributed by atoms with E-state index in [1.807, 2.05) is 124 Å². The summed E-state index contributed by atoms with van der Waals surface area (Å²) in [7, 11) is -3.61. The average molecular weight is 930 g/mol. The van der Waals surface area contributed by atoms with Crippen LogP contribution in [-0.2, 0) is 43.0 Å². The van der Waals surface area contributed by atoms with Crippen molar-refractivity contribution in [1.82, 2.24) is 30.7 Å². The van der Waals surface area contributed by atoms with E-state index < -0.39 is 73.5 Å². The number of hydrogen-bond donors (Lipinski definition) is 6. The molecule has 1 aliphatic heterocycles. The van der Waals surface area contributed by atoms with Crippen LogP contribution in [0.3, 0.4) is 0 Å². The van der Waals surface area contributed by atoms with Crippen molar-refractivity contribution in [2.45, 2.75) is 111 Å². The molecule has 0 saturated carbocycles. The van der Waals surface area contributed by atoms with E-state index in [1.165, 1.54) is 14.0 Å². The van der Waals surface area contributed by atoms with E-state index >= 15 is 0 Å². The Morgan fingerprint density at radius 3 is 1.91 bits per heavy atom. The zero-order valence-electron chi connectivity index (χ0n) is 39.1. The van der Waals surface area contributed by atoms with E-state index in [-0.39, 0.29) is 25.3 Å². The van der Waals surface area contributed by atoms with Gasteiger partial charge in [-0.15, -0.1) is 4.52 Å². The maximum absolute atomic E-state index is 15.0. The Labute approximate surface area is 388 Å². The molecule has 4 aromatic rings. The molecule has 3 aromatic carbocycles. The Balaban J connectivity index is 1.54. The number of ether oxygens (including phenoxy) is 2. The van der Waals surface area contributed by atoms with Gasteiger partial charge in [0.15, 0.2) is 0 Å². The molecule has 5 rings (SSSR count). The van der Waals surface area contributed by atoms with Crippen molar-refractivity contribution in [2.24, 2.45) is 10.8 Å². The molecule has 1 aliphatic rings. The summed E-state index contributed by atoms with van der Waals surface area (Å²) in [4.78, 5) is 93.7. The topological polar surface area (TPSA) is 212 Å². The van der Waals surface area contributed by atoms with Crippen LogP contribution in [0.2, 0.25) is 0 Å². The fraction of sp³-hybridized carbons (Fsp3) is 0.449. The highest BCUT2D eigenvalue weighted by Crippen LogP contribution is 2.47. The van der Waals surface area contributed by atoms with Gasteiger partial charge >= 0.3 is 20.3 Å². The monoisotopic (exact) mass is 929 g/mol. The Kier molecular flexibility index (Phi) is 17.8. The summed E-state index contributed by atoms with van der Waals surface area (Å²) in [5.41, 5.74) is 2.75. The van der Waals surface area contributed by atoms with Crippen molar-refractivity contribution in [2.75, 3.05) is 20.2 Å². The van der Waals surface area contributed by atoms with E-state index in [0.29, 0.717) is 19.6 Å². The standard InChI is InChI=1S/C49H65N6O10P/c1-33(65-66(60,61)62)64-41(31-38(51-44(56)42(48(2,3)4)53-46(58)63-8)29-35-22-24-37(25-23-35)39-21-15-16-26-50-39)40(30-34-17-11-9-12-18-34)52-45(57)43(49(5,6)7)55-28-27-54(47(55)59)32-36-19-13-10-14-20-36/h9-26,33,38,40-43,60-62H,27-32H2,1-8H3,(H2-,51,52,53,56,57,58)/p+1/t33?,38-,40-,41-,42+,43+/m0/s1. The minimum Gasteiger partial charge on any atom is -0.453 e. The van der Waals surface area contributed by atoms with Crippen molar-refractivity contribution in [3.8, 4) is 11.3 Å². The Morgan fingerprint density at radius 2 is 1.35 bits per heavy atom. The Bertz CT molecular complexity index is 2180. The van der Waals surface area contributed by atoms with Crippen LogP contribution in [0.5, 0.6) is 0 Å². The quantitative estimate of drug-likeness (QED) is 0.0421. The zero-order chi connectivity index (χ0) is 48.2. The van der Waals surface area contributed by atoms with Crippen LogP contribution in [0.25, 0.3) is 11.3 Å². The number of carbonyl (C=O) groups is 4. The summed E-state index contributed by atoms with van der Waals surface area (Å²) in [6, 6.07) is 28.4. The molecule has 0 radical (unpaired) electrons. The maximum Gasteiger partial charge on any atom is 0.570 e. The van der Waals surface area contributed by atoms with Crippen LogP contribution in [0.1, 0.15) is 71.6 Å². The molecule has 5 amide bonds. The molecule has 6 N–H and O–H groups in total. The normalized spacial score (nSPS) is 16.1. The van der Waals surface area contributed by atoms with Gasteiger partial charge in [0.2, 0.25) is 18.1 Å². The lowest BCUT2D eigenvalue weighted by Crippen LogP contribution is -2.60. The van der Waals surface area contributed by atoms with Crippen LogP contribution < -0.4 is 16.0 Å². The molecular weight excluding hydrogens is 864 g/mol. The predicted molar refractivity (Wildman–Crippen MR) is 252 cm³/mol. The number of benzene rings is 3. The maximum atomic E-state index is 15.0. The van der Waals surface area contributed by atoms with E-state index in [0.717, 1.165) is 27.9 Å². The fourth-order valence-electron chi connectivity index (χ4n) is 8.22. The highest BCUT2D eigenvalue weighted by Gasteiger charge is 2.45. The molecular formula is C49H66N6O10P+. The first kappa shape index (κ1) is 51.5. The summed E-state index contributed by atoms with van der Waals surface area (Å²) in [5.74, 6) is -0.962. The number of pyridine rings is 1. The van der Waals surface area contributed by atoms with Gasteiger partial charge in [0.05, 0.1) is 24.9 Å². The van der Waals surface area contributed by atoms with Gasteiger partial charge in [-0.1, -0.05) is 133 Å². The molecule has 356 valence electrons. The molecule has 1 saturated heterocycles. The summed E-state index contributed by atoms with van der Waals surface area (Å²) in [6.45, 7) is 13.6. The number of methoxy groups -OCH3 is 1. The van der Waals surface area contributed by atoms with E-state index in [4.69, 9.17) is 14.0 Å². The minimum absolute atomic E-state index is 0.00425. The van der Waals surface area contributed by atoms with Gasteiger partial charge in [-0.25, -0.2) is 9.59 Å². The number of urea groups is 1. The van der Waals surface area contributed by atoms with Crippen LogP contribution in [0.15, 0.2) is 109 Å². The molecule has 1 fully saturated rings. The van der Waals surface area contributed by atoms with Crippen LogP contribution >= 0.6 is 8.17 Å². The second-order valence-corrected chi connectivity index (χ2v) is 20.0. The van der Waals surface area contributed by atoms with Crippen LogP contribution in [0.4, 0.5) is 9.59 Å². The van der Waals surface area contributed by atoms with E-state index in [1.54, 1.807) is 36.8 Å². The fourth-order valence-corrected chi connectivity index (χ4v) is 8.67. The van der Waals surface area contributed by atoms with Gasteiger partial charge in [0.25, 0.3) is 0 Å². The van der Waals surface area contributed by atoms with E-state index in [2.05, 4.69) is 20.9 Å². The molecule has 2 heterocycles. The van der Waals surface area contributed by atoms with Gasteiger partial charge < -0.3 is 35.2 Å². The smallest absolute Gasteiger partial charge is 0.453 e. The third-order valence-corrected chi connectivity index (χ3v) is 11.9. The summed E-state index contributed by atoms with van der Waals surface area (Å²) in [6.07, 6.45) is -1.13. The van der Waals surface area contributed by atoms with E-state index in [9.17, 15) is 33.9 Å². The first-order valence-electron chi connectivity index (χ1n) is 22.1. The van der Waals surface area contributed by atoms with Crippen molar-refractivity contribution in [3.05, 3.63) is 126 Å². The Morgan fingerprint density at radius 1 is 0.742 bits per heavy atom. The highest BCUT2D eigenvalue weighted by atomic mass is 31.2. The zero-order valence-corrected chi connectivity index (χ0v) is 40.0. The van der Waals surface area contributed by atoms with Crippen molar-refractivity contribution in [3.63, 3.8) is 0 Å². The lowest BCUT2D eigenvalue weighted by Gasteiger charge is -2.39. The number of nitrogens with zero attached hydrogens (tertiary/aromatic N) is 3. The lowest BCUT2D eigenvalue weighted by atomic mass is 9.84. The molecule has 1 unspecified atom stereocenters. The highest BCUT2D eigenvalue weighted by molar-refractivity contribution is 7.53. The van der Waals surface area contributed by atoms with Crippen molar-refractivity contribution >= 4 is 32.1 Å². The second kappa shape index (κ2) is 22.8.